The smallest absolute Gasteiger partial charge is 0.229 e. The van der Waals surface area contributed by atoms with E-state index in [2.05, 4.69) is 14.7 Å². The van der Waals surface area contributed by atoms with Crippen LogP contribution in [0.3, 0.4) is 0 Å². The van der Waals surface area contributed by atoms with E-state index < -0.39 is 16.2 Å². The first-order valence-electron chi connectivity index (χ1n) is 24.9. The monoisotopic (exact) mass is 758 g/mol. The lowest BCUT2D eigenvalue weighted by Gasteiger charge is -2.67. The van der Waals surface area contributed by atoms with Crippen LogP contribution < -0.4 is 0 Å². The van der Waals surface area contributed by atoms with Crippen LogP contribution in [0.4, 0.5) is 0 Å². The van der Waals surface area contributed by atoms with E-state index in [1.54, 1.807) is 0 Å². The van der Waals surface area contributed by atoms with Crippen molar-refractivity contribution in [1.29, 1.82) is 0 Å². The maximum Gasteiger partial charge on any atom is 0.229 e. The third-order valence-electron chi connectivity index (χ3n) is 17.9. The number of amides is 3. The fraction of sp³-hybridized carbons (Fsp3) is 0.939. The van der Waals surface area contributed by atoms with Crippen LogP contribution in [-0.2, 0) is 14.4 Å². The Balaban J connectivity index is 1.13. The van der Waals surface area contributed by atoms with Crippen LogP contribution in [0.2, 0.25) is 0 Å². The Labute approximate surface area is 335 Å². The first kappa shape index (κ1) is 38.9. The van der Waals surface area contributed by atoms with Crippen molar-refractivity contribution in [3.63, 3.8) is 0 Å². The van der Waals surface area contributed by atoms with Crippen molar-refractivity contribution >= 4 is 17.7 Å². The van der Waals surface area contributed by atoms with Gasteiger partial charge in [-0.15, -0.1) is 0 Å². The van der Waals surface area contributed by atoms with E-state index in [0.717, 1.165) is 116 Å². The van der Waals surface area contributed by atoms with Crippen LogP contribution in [0.1, 0.15) is 231 Å². The molecule has 0 aromatic rings. The molecule has 10 aliphatic carbocycles. The molecule has 0 aliphatic heterocycles. The molecule has 308 valence electrons. The molecule has 4 bridgehead atoms. The molecule has 10 fully saturated rings. The molecule has 0 heterocycles. The number of hydrogen-bond acceptors (Lipinski definition) is 3. The van der Waals surface area contributed by atoms with Crippen molar-refractivity contribution < 1.29 is 14.4 Å². The molecule has 55 heavy (non-hydrogen) atoms. The minimum Gasteiger partial charge on any atom is -0.336 e. The van der Waals surface area contributed by atoms with Gasteiger partial charge in [0.2, 0.25) is 17.7 Å². The summed E-state index contributed by atoms with van der Waals surface area (Å²) in [6.45, 7) is 0. The summed E-state index contributed by atoms with van der Waals surface area (Å²) in [6.07, 6.45) is 41.2. The lowest BCUT2D eigenvalue weighted by Crippen LogP contribution is -2.70. The zero-order valence-electron chi connectivity index (χ0n) is 35.1. The highest BCUT2D eigenvalue weighted by Crippen LogP contribution is 2.72. The summed E-state index contributed by atoms with van der Waals surface area (Å²) >= 11 is 0. The Hall–Kier alpha value is -1.59. The van der Waals surface area contributed by atoms with Crippen LogP contribution in [-0.4, -0.2) is 68.7 Å². The molecule has 10 saturated carbocycles. The van der Waals surface area contributed by atoms with Crippen molar-refractivity contribution in [2.75, 3.05) is 0 Å². The largest absolute Gasteiger partial charge is 0.336 e. The normalized spacial score (nSPS) is 36.1. The lowest BCUT2D eigenvalue weighted by atomic mass is 9.38. The molecule has 10 aliphatic rings. The summed E-state index contributed by atoms with van der Waals surface area (Å²) in [5, 5.41) is 0. The third kappa shape index (κ3) is 7.48. The average Bonchev–Trinajstić information content (AvgIpc) is 3.23. The Morgan fingerprint density at radius 2 is 0.473 bits per heavy atom. The van der Waals surface area contributed by atoms with Gasteiger partial charge in [-0.25, -0.2) is 0 Å². The second-order valence-electron chi connectivity index (χ2n) is 21.7. The second kappa shape index (κ2) is 16.6. The molecule has 6 heteroatoms. The standard InChI is InChI=1S/C49H79N3O3/c53-44(50(38-19-7-1-8-20-38)39-21-9-2-10-22-39)47-31-37-32-48(34-47,45(54)51(40-23-11-3-12-24-40)41-25-13-4-14-26-41)36-49(33-37,35-47)46(55)52(42-27-15-5-16-28-42)43-29-17-6-18-30-43/h37-43H,1-36H2. The summed E-state index contributed by atoms with van der Waals surface area (Å²) in [6, 6.07) is 2.07. The van der Waals surface area contributed by atoms with E-state index in [-0.39, 0.29) is 0 Å². The fourth-order valence-electron chi connectivity index (χ4n) is 16.0. The topological polar surface area (TPSA) is 60.9 Å². The van der Waals surface area contributed by atoms with Crippen LogP contribution in [0.15, 0.2) is 0 Å². The molecule has 0 aromatic heterocycles. The van der Waals surface area contributed by atoms with E-state index in [4.69, 9.17) is 0 Å². The molecule has 0 aromatic carbocycles. The summed E-state index contributed by atoms with van der Waals surface area (Å²) in [5.74, 6) is 1.53. The van der Waals surface area contributed by atoms with Crippen LogP contribution in [0.25, 0.3) is 0 Å². The number of rotatable bonds is 9. The Morgan fingerprint density at radius 1 is 0.291 bits per heavy atom. The van der Waals surface area contributed by atoms with Crippen molar-refractivity contribution in [2.45, 2.75) is 267 Å². The van der Waals surface area contributed by atoms with Gasteiger partial charge in [0.15, 0.2) is 0 Å². The molecule has 0 atom stereocenters. The minimum atomic E-state index is -0.574. The van der Waals surface area contributed by atoms with E-state index in [9.17, 15) is 0 Å². The Bertz CT molecular complexity index is 1120. The van der Waals surface area contributed by atoms with E-state index >= 15 is 14.4 Å². The van der Waals surface area contributed by atoms with Gasteiger partial charge in [-0.2, -0.15) is 0 Å². The van der Waals surface area contributed by atoms with Gasteiger partial charge in [-0.1, -0.05) is 116 Å². The van der Waals surface area contributed by atoms with Gasteiger partial charge in [-0.05, 0) is 121 Å². The first-order valence-corrected chi connectivity index (χ1v) is 24.9. The molecule has 10 rings (SSSR count). The molecule has 0 radical (unpaired) electrons. The maximum absolute atomic E-state index is 16.1. The summed E-state index contributed by atoms with van der Waals surface area (Å²) < 4.78 is 0. The Morgan fingerprint density at radius 3 is 0.655 bits per heavy atom. The summed E-state index contributed by atoms with van der Waals surface area (Å²) in [7, 11) is 0. The third-order valence-corrected chi connectivity index (χ3v) is 17.9. The van der Waals surface area contributed by atoms with Crippen LogP contribution in [0.5, 0.6) is 0 Å². The quantitative estimate of drug-likeness (QED) is 0.235. The first-order chi connectivity index (χ1) is 26.9. The average molecular weight is 758 g/mol. The number of carbonyl (C=O) groups is 3. The zero-order chi connectivity index (χ0) is 37.5. The molecule has 6 nitrogen and oxygen atoms in total. The van der Waals surface area contributed by atoms with Crippen LogP contribution in [0, 0.1) is 22.2 Å². The van der Waals surface area contributed by atoms with Gasteiger partial charge in [0.25, 0.3) is 0 Å². The lowest BCUT2D eigenvalue weighted by molar-refractivity contribution is -0.207. The fourth-order valence-corrected chi connectivity index (χ4v) is 16.0. The van der Waals surface area contributed by atoms with Gasteiger partial charge in [0.1, 0.15) is 0 Å². The highest BCUT2D eigenvalue weighted by molar-refractivity contribution is 5.93. The number of hydrogen-bond donors (Lipinski definition) is 0. The number of nitrogens with zero attached hydrogens (tertiary/aromatic N) is 3. The maximum atomic E-state index is 16.1. The SMILES string of the molecule is O=C(N(C1CCCCC1)C1CCCCC1)C12CC3CC(C(=O)N(C4CCCCC4)C4CCCCC4)(C1)CC(C(=O)N(C1CCCCC1)C1CCCCC1)(C3)C2. The van der Waals surface area contributed by atoms with Gasteiger partial charge >= 0.3 is 0 Å². The van der Waals surface area contributed by atoms with Gasteiger partial charge in [0.05, 0.1) is 16.2 Å². The van der Waals surface area contributed by atoms with Crippen molar-refractivity contribution in [1.82, 2.24) is 14.7 Å². The number of carbonyl (C=O) groups excluding carboxylic acids is 3. The van der Waals surface area contributed by atoms with Gasteiger partial charge in [-0.3, -0.25) is 14.4 Å². The van der Waals surface area contributed by atoms with E-state index in [0.29, 0.717) is 59.9 Å². The molecule has 0 N–H and O–H groups in total. The van der Waals surface area contributed by atoms with Crippen molar-refractivity contribution in [3.8, 4) is 0 Å². The van der Waals surface area contributed by atoms with Crippen molar-refractivity contribution in [3.05, 3.63) is 0 Å². The molecule has 0 saturated heterocycles. The molecule has 0 spiro atoms. The molecular weight excluding hydrogens is 679 g/mol. The minimum absolute atomic E-state index is 0.298. The van der Waals surface area contributed by atoms with Crippen LogP contribution >= 0.6 is 0 Å². The molecule has 0 unspecified atom stereocenters. The zero-order valence-corrected chi connectivity index (χ0v) is 35.1. The molecule has 3 amide bonds. The highest BCUT2D eigenvalue weighted by Gasteiger charge is 2.72. The van der Waals surface area contributed by atoms with Gasteiger partial charge < -0.3 is 14.7 Å². The summed E-state index contributed by atoms with van der Waals surface area (Å²) in [4.78, 5) is 56.0. The highest BCUT2D eigenvalue weighted by atomic mass is 16.2. The van der Waals surface area contributed by atoms with Crippen molar-refractivity contribution in [2.24, 2.45) is 22.2 Å². The molecular formula is C49H79N3O3. The second-order valence-corrected chi connectivity index (χ2v) is 21.7. The predicted octanol–water partition coefficient (Wildman–Crippen LogP) is 11.4. The summed E-state index contributed by atoms with van der Waals surface area (Å²) in [5.41, 5.74) is -1.72. The van der Waals surface area contributed by atoms with Gasteiger partial charge in [0, 0.05) is 36.3 Å². The predicted molar refractivity (Wildman–Crippen MR) is 220 cm³/mol. The van der Waals surface area contributed by atoms with E-state index in [1.807, 2.05) is 0 Å². The van der Waals surface area contributed by atoms with E-state index in [1.165, 1.54) is 116 Å². The Kier molecular flexibility index (Phi) is 11.7.